The summed E-state index contributed by atoms with van der Waals surface area (Å²) in [6.45, 7) is 5.60. The Morgan fingerprint density at radius 1 is 1.41 bits per heavy atom. The van der Waals surface area contributed by atoms with Crippen LogP contribution in [-0.2, 0) is 4.79 Å². The first-order chi connectivity index (χ1) is 7.87. The van der Waals surface area contributed by atoms with E-state index in [-0.39, 0.29) is 16.4 Å². The second-order valence-electron chi connectivity index (χ2n) is 4.85. The number of rotatable bonds is 1. The number of carbonyl (C=O) groups excluding carboxylic acids is 2. The molecule has 0 saturated carbocycles. The molecule has 4 heteroatoms. The van der Waals surface area contributed by atoms with E-state index >= 15 is 0 Å². The molecule has 0 unspecified atom stereocenters. The Balaban J connectivity index is 2.37. The highest BCUT2D eigenvalue weighted by Gasteiger charge is 2.31. The van der Waals surface area contributed by atoms with E-state index in [4.69, 9.17) is 0 Å². The highest BCUT2D eigenvalue weighted by Crippen LogP contribution is 2.43. The van der Waals surface area contributed by atoms with Gasteiger partial charge in [0.15, 0.2) is 5.78 Å². The number of Topliss-reactive ketones (excluding diaryl/α,β-unsaturated/α-hetero) is 1. The van der Waals surface area contributed by atoms with E-state index in [0.717, 1.165) is 10.5 Å². The summed E-state index contributed by atoms with van der Waals surface area (Å²) >= 11 is 1.71. The first-order valence-corrected chi connectivity index (χ1v) is 6.33. The van der Waals surface area contributed by atoms with Gasteiger partial charge in [-0.3, -0.25) is 9.59 Å². The number of fused-ring (bicyclic) bond motifs is 1. The van der Waals surface area contributed by atoms with Gasteiger partial charge in [-0.2, -0.15) is 0 Å². The molecule has 0 fully saturated rings. The van der Waals surface area contributed by atoms with Crippen LogP contribution in [0.2, 0.25) is 0 Å². The average Bonchev–Trinajstić information content (AvgIpc) is 2.16. The van der Waals surface area contributed by atoms with Crippen LogP contribution in [0.1, 0.15) is 37.6 Å². The van der Waals surface area contributed by atoms with E-state index < -0.39 is 0 Å². The van der Waals surface area contributed by atoms with Crippen molar-refractivity contribution in [2.24, 2.45) is 0 Å². The van der Waals surface area contributed by atoms with E-state index in [1.807, 2.05) is 12.1 Å². The van der Waals surface area contributed by atoms with Crippen LogP contribution < -0.4 is 5.32 Å². The molecule has 0 radical (unpaired) electrons. The van der Waals surface area contributed by atoms with Gasteiger partial charge in [0.2, 0.25) is 5.91 Å². The highest BCUT2D eigenvalue weighted by atomic mass is 32.2. The lowest BCUT2D eigenvalue weighted by Gasteiger charge is -2.29. The standard InChI is InChI=1S/C13H15NO2S/c1-8(15)14-9-4-5-12-10(6-9)11(16)7-13(2,3)17-12/h4-6H,7H2,1-3H3,(H,14,15). The highest BCUT2D eigenvalue weighted by molar-refractivity contribution is 8.00. The molecule has 1 amide bonds. The smallest absolute Gasteiger partial charge is 0.221 e. The van der Waals surface area contributed by atoms with E-state index in [0.29, 0.717) is 12.1 Å². The van der Waals surface area contributed by atoms with Crippen LogP contribution in [-0.4, -0.2) is 16.4 Å². The number of benzene rings is 1. The van der Waals surface area contributed by atoms with Gasteiger partial charge in [0.25, 0.3) is 0 Å². The Hall–Kier alpha value is -1.29. The van der Waals surface area contributed by atoms with Crippen molar-refractivity contribution >= 4 is 29.1 Å². The Kier molecular flexibility index (Phi) is 3.00. The van der Waals surface area contributed by atoms with Gasteiger partial charge in [0.1, 0.15) is 0 Å². The lowest BCUT2D eigenvalue weighted by molar-refractivity contribution is -0.114. The molecule has 1 aromatic rings. The summed E-state index contributed by atoms with van der Waals surface area (Å²) in [7, 11) is 0. The Morgan fingerprint density at radius 3 is 2.76 bits per heavy atom. The number of carbonyl (C=O) groups is 2. The van der Waals surface area contributed by atoms with Crippen molar-refractivity contribution in [2.75, 3.05) is 5.32 Å². The Bertz CT molecular complexity index is 494. The maximum absolute atomic E-state index is 12.0. The summed E-state index contributed by atoms with van der Waals surface area (Å²) in [5.41, 5.74) is 1.41. The van der Waals surface area contributed by atoms with Gasteiger partial charge in [-0.1, -0.05) is 0 Å². The molecule has 1 aliphatic heterocycles. The first-order valence-electron chi connectivity index (χ1n) is 5.51. The van der Waals surface area contributed by atoms with Crippen molar-refractivity contribution in [1.29, 1.82) is 0 Å². The molecule has 0 bridgehead atoms. The van der Waals surface area contributed by atoms with E-state index in [2.05, 4.69) is 19.2 Å². The molecular formula is C13H15NO2S. The fourth-order valence-electron chi connectivity index (χ4n) is 1.93. The molecule has 1 heterocycles. The number of ketones is 1. The third-order valence-electron chi connectivity index (χ3n) is 2.57. The second-order valence-corrected chi connectivity index (χ2v) is 6.60. The minimum absolute atomic E-state index is 0.0421. The molecule has 17 heavy (non-hydrogen) atoms. The molecule has 1 aromatic carbocycles. The summed E-state index contributed by atoms with van der Waals surface area (Å²) < 4.78 is -0.0421. The van der Waals surface area contributed by atoms with Crippen LogP contribution >= 0.6 is 11.8 Å². The third kappa shape index (κ3) is 2.69. The van der Waals surface area contributed by atoms with Crippen molar-refractivity contribution in [3.63, 3.8) is 0 Å². The van der Waals surface area contributed by atoms with Gasteiger partial charge >= 0.3 is 0 Å². The van der Waals surface area contributed by atoms with Crippen molar-refractivity contribution in [1.82, 2.24) is 0 Å². The molecule has 0 saturated heterocycles. The van der Waals surface area contributed by atoms with Crippen molar-refractivity contribution < 1.29 is 9.59 Å². The Morgan fingerprint density at radius 2 is 2.12 bits per heavy atom. The van der Waals surface area contributed by atoms with Crippen molar-refractivity contribution in [3.8, 4) is 0 Å². The quantitative estimate of drug-likeness (QED) is 0.832. The molecule has 3 nitrogen and oxygen atoms in total. The second kappa shape index (κ2) is 4.18. The molecule has 0 aromatic heterocycles. The molecule has 1 N–H and O–H groups in total. The number of nitrogens with one attached hydrogen (secondary N) is 1. The van der Waals surface area contributed by atoms with Crippen LogP contribution in [0.15, 0.2) is 23.1 Å². The minimum Gasteiger partial charge on any atom is -0.326 e. The number of hydrogen-bond donors (Lipinski definition) is 1. The van der Waals surface area contributed by atoms with Crippen LogP contribution in [0, 0.1) is 0 Å². The minimum atomic E-state index is -0.124. The lowest BCUT2D eigenvalue weighted by atomic mass is 9.99. The summed E-state index contributed by atoms with van der Waals surface area (Å²) in [5, 5.41) is 2.70. The molecule has 2 rings (SSSR count). The van der Waals surface area contributed by atoms with Crippen LogP contribution in [0.5, 0.6) is 0 Å². The summed E-state index contributed by atoms with van der Waals surface area (Å²) in [5.74, 6) is 0.0251. The zero-order valence-electron chi connectivity index (χ0n) is 10.2. The van der Waals surface area contributed by atoms with E-state index in [1.165, 1.54) is 6.92 Å². The molecule has 0 atom stereocenters. The van der Waals surface area contributed by atoms with E-state index in [1.54, 1.807) is 17.8 Å². The predicted molar refractivity (Wildman–Crippen MR) is 69.6 cm³/mol. The number of amides is 1. The SMILES string of the molecule is CC(=O)Nc1ccc2c(c1)C(=O)CC(C)(C)S2. The fourth-order valence-corrected chi connectivity index (χ4v) is 3.15. The number of hydrogen-bond acceptors (Lipinski definition) is 3. The lowest BCUT2D eigenvalue weighted by Crippen LogP contribution is -2.25. The monoisotopic (exact) mass is 249 g/mol. The first kappa shape index (κ1) is 12.2. The maximum Gasteiger partial charge on any atom is 0.221 e. The molecule has 0 aliphatic carbocycles. The fraction of sp³-hybridized carbons (Fsp3) is 0.385. The molecule has 0 spiro atoms. The average molecular weight is 249 g/mol. The summed E-state index contributed by atoms with van der Waals surface area (Å²) in [6, 6.07) is 5.51. The summed E-state index contributed by atoms with van der Waals surface area (Å²) in [4.78, 5) is 24.0. The topological polar surface area (TPSA) is 46.2 Å². The normalized spacial score (nSPS) is 17.5. The Labute approximate surface area is 105 Å². The van der Waals surface area contributed by atoms with Crippen LogP contribution in [0.25, 0.3) is 0 Å². The predicted octanol–water partition coefficient (Wildman–Crippen LogP) is 3.10. The number of thioether (sulfide) groups is 1. The maximum atomic E-state index is 12.0. The van der Waals surface area contributed by atoms with Crippen LogP contribution in [0.3, 0.4) is 0 Å². The molecular weight excluding hydrogens is 234 g/mol. The van der Waals surface area contributed by atoms with Crippen molar-refractivity contribution in [2.45, 2.75) is 36.8 Å². The molecule has 1 aliphatic rings. The largest absolute Gasteiger partial charge is 0.326 e. The zero-order chi connectivity index (χ0) is 12.6. The zero-order valence-corrected chi connectivity index (χ0v) is 11.0. The summed E-state index contributed by atoms with van der Waals surface area (Å²) in [6.07, 6.45) is 0.536. The molecule has 90 valence electrons. The van der Waals surface area contributed by atoms with Crippen LogP contribution in [0.4, 0.5) is 5.69 Å². The van der Waals surface area contributed by atoms with Gasteiger partial charge in [0, 0.05) is 34.2 Å². The van der Waals surface area contributed by atoms with Crippen molar-refractivity contribution in [3.05, 3.63) is 23.8 Å². The van der Waals surface area contributed by atoms with Gasteiger partial charge in [-0.25, -0.2) is 0 Å². The van der Waals surface area contributed by atoms with Gasteiger partial charge in [0.05, 0.1) is 0 Å². The van der Waals surface area contributed by atoms with Gasteiger partial charge in [-0.05, 0) is 32.0 Å². The number of anilines is 1. The van der Waals surface area contributed by atoms with Gasteiger partial charge in [-0.15, -0.1) is 11.8 Å². The van der Waals surface area contributed by atoms with E-state index in [9.17, 15) is 9.59 Å². The third-order valence-corrected chi connectivity index (χ3v) is 3.85. The van der Waals surface area contributed by atoms with Gasteiger partial charge < -0.3 is 5.32 Å².